The van der Waals surface area contributed by atoms with Crippen LogP contribution in [0.3, 0.4) is 0 Å². The number of aliphatic hydroxyl groups excluding tert-OH is 1. The molecule has 1 aromatic heterocycles. The molecular formula is C26H24N2O4. The van der Waals surface area contributed by atoms with Crippen molar-refractivity contribution in [2.75, 3.05) is 11.5 Å². The maximum atomic E-state index is 13.2. The van der Waals surface area contributed by atoms with Gasteiger partial charge in [-0.2, -0.15) is 0 Å². The molecule has 6 nitrogen and oxygen atoms in total. The number of benzene rings is 2. The molecule has 1 saturated heterocycles. The number of hydrogen-bond acceptors (Lipinski definition) is 5. The van der Waals surface area contributed by atoms with Crippen molar-refractivity contribution < 1.29 is 19.4 Å². The molecule has 4 rings (SSSR count). The summed E-state index contributed by atoms with van der Waals surface area (Å²) in [6.45, 7) is 6.17. The molecule has 1 aliphatic rings. The van der Waals surface area contributed by atoms with Crippen LogP contribution >= 0.6 is 0 Å². The van der Waals surface area contributed by atoms with Crippen LogP contribution in [0.1, 0.15) is 35.2 Å². The summed E-state index contributed by atoms with van der Waals surface area (Å²) in [7, 11) is 0. The summed E-state index contributed by atoms with van der Waals surface area (Å²) in [6.07, 6.45) is 3.23. The summed E-state index contributed by atoms with van der Waals surface area (Å²) >= 11 is 0. The van der Waals surface area contributed by atoms with Crippen molar-refractivity contribution in [3.63, 3.8) is 0 Å². The molecule has 1 amide bonds. The molecule has 2 heterocycles. The van der Waals surface area contributed by atoms with Crippen molar-refractivity contribution >= 4 is 23.1 Å². The van der Waals surface area contributed by atoms with Gasteiger partial charge in [-0.05, 0) is 67.8 Å². The normalized spacial score (nSPS) is 17.6. The zero-order valence-corrected chi connectivity index (χ0v) is 18.2. The quantitative estimate of drug-likeness (QED) is 0.361. The summed E-state index contributed by atoms with van der Waals surface area (Å²) < 4.78 is 5.58. The topological polar surface area (TPSA) is 79.7 Å². The molecule has 32 heavy (non-hydrogen) atoms. The van der Waals surface area contributed by atoms with E-state index in [0.29, 0.717) is 29.2 Å². The van der Waals surface area contributed by atoms with E-state index in [4.69, 9.17) is 4.74 Å². The third-order valence-electron chi connectivity index (χ3n) is 5.57. The van der Waals surface area contributed by atoms with Crippen molar-refractivity contribution in [3.05, 3.63) is 94.8 Å². The lowest BCUT2D eigenvalue weighted by Crippen LogP contribution is -2.30. The van der Waals surface area contributed by atoms with Crippen LogP contribution in [0.15, 0.2) is 72.6 Å². The number of pyridine rings is 1. The van der Waals surface area contributed by atoms with Gasteiger partial charge in [0.25, 0.3) is 11.7 Å². The monoisotopic (exact) mass is 428 g/mol. The number of aliphatic hydroxyl groups is 1. The maximum absolute atomic E-state index is 13.2. The van der Waals surface area contributed by atoms with Crippen LogP contribution in [-0.2, 0) is 9.59 Å². The van der Waals surface area contributed by atoms with Gasteiger partial charge in [-0.3, -0.25) is 19.5 Å². The number of hydrogen-bond donors (Lipinski definition) is 1. The minimum atomic E-state index is -0.795. The highest BCUT2D eigenvalue weighted by atomic mass is 16.5. The molecule has 1 N–H and O–H groups in total. The van der Waals surface area contributed by atoms with Crippen LogP contribution in [0, 0.1) is 13.8 Å². The van der Waals surface area contributed by atoms with E-state index < -0.39 is 17.7 Å². The highest BCUT2D eigenvalue weighted by Gasteiger charge is 2.47. The summed E-state index contributed by atoms with van der Waals surface area (Å²) in [5.41, 5.74) is 3.41. The molecule has 1 unspecified atom stereocenters. The van der Waals surface area contributed by atoms with E-state index in [0.717, 1.165) is 11.1 Å². The zero-order chi connectivity index (χ0) is 22.8. The number of carbonyl (C=O) groups is 2. The Hall–Kier alpha value is -3.93. The van der Waals surface area contributed by atoms with E-state index in [9.17, 15) is 14.7 Å². The van der Waals surface area contributed by atoms with Crippen molar-refractivity contribution in [2.45, 2.75) is 26.8 Å². The minimum absolute atomic E-state index is 0.0369. The lowest BCUT2D eigenvalue weighted by Gasteiger charge is -2.26. The summed E-state index contributed by atoms with van der Waals surface area (Å²) in [5.74, 6) is -0.934. The van der Waals surface area contributed by atoms with E-state index in [1.165, 1.54) is 4.90 Å². The van der Waals surface area contributed by atoms with Crippen molar-refractivity contribution in [3.8, 4) is 5.75 Å². The Balaban J connectivity index is 1.92. The standard InChI is InChI=1S/C26H24N2O4/c1-4-32-21-12-11-18(14-17(21)3)24(29)22-23(19-9-7-13-27-15-19)28(26(31)25(22)30)20-10-6-5-8-16(20)2/h5-15,23,29H,4H2,1-3H3/b24-22-. The molecule has 6 heteroatoms. The number of aromatic nitrogens is 1. The lowest BCUT2D eigenvalue weighted by atomic mass is 9.95. The third-order valence-corrected chi connectivity index (χ3v) is 5.57. The zero-order valence-electron chi connectivity index (χ0n) is 18.2. The third kappa shape index (κ3) is 3.64. The molecular weight excluding hydrogens is 404 g/mol. The Morgan fingerprint density at radius 3 is 2.50 bits per heavy atom. The highest BCUT2D eigenvalue weighted by molar-refractivity contribution is 6.51. The fraction of sp³-hybridized carbons (Fsp3) is 0.192. The largest absolute Gasteiger partial charge is 0.507 e. The minimum Gasteiger partial charge on any atom is -0.507 e. The Labute approximate surface area is 186 Å². The molecule has 1 fully saturated rings. The van der Waals surface area contributed by atoms with Gasteiger partial charge in [0.2, 0.25) is 0 Å². The number of carbonyl (C=O) groups excluding carboxylic acids is 2. The Morgan fingerprint density at radius 1 is 1.06 bits per heavy atom. The molecule has 0 aliphatic carbocycles. The first-order chi connectivity index (χ1) is 15.4. The predicted molar refractivity (Wildman–Crippen MR) is 123 cm³/mol. The first-order valence-corrected chi connectivity index (χ1v) is 10.4. The van der Waals surface area contributed by atoms with Gasteiger partial charge in [-0.15, -0.1) is 0 Å². The van der Waals surface area contributed by atoms with Gasteiger partial charge in [0, 0.05) is 23.6 Å². The van der Waals surface area contributed by atoms with Crippen molar-refractivity contribution in [1.82, 2.24) is 4.98 Å². The highest BCUT2D eigenvalue weighted by Crippen LogP contribution is 2.43. The Morgan fingerprint density at radius 2 is 1.84 bits per heavy atom. The fourth-order valence-electron chi connectivity index (χ4n) is 4.04. The van der Waals surface area contributed by atoms with E-state index in [-0.39, 0.29) is 11.3 Å². The van der Waals surface area contributed by atoms with Crippen LogP contribution < -0.4 is 9.64 Å². The van der Waals surface area contributed by atoms with Crippen LogP contribution in [0.25, 0.3) is 5.76 Å². The Bertz CT molecular complexity index is 1220. The molecule has 0 radical (unpaired) electrons. The molecule has 162 valence electrons. The molecule has 0 bridgehead atoms. The number of amides is 1. The van der Waals surface area contributed by atoms with E-state index in [1.807, 2.05) is 39.0 Å². The average molecular weight is 428 g/mol. The predicted octanol–water partition coefficient (Wildman–Crippen LogP) is 4.72. The first-order valence-electron chi connectivity index (χ1n) is 10.4. The van der Waals surface area contributed by atoms with E-state index >= 15 is 0 Å². The van der Waals surface area contributed by atoms with Gasteiger partial charge >= 0.3 is 0 Å². The second-order valence-corrected chi connectivity index (χ2v) is 7.66. The lowest BCUT2D eigenvalue weighted by molar-refractivity contribution is -0.132. The Kier molecular flexibility index (Phi) is 5.77. The number of rotatable bonds is 5. The van der Waals surface area contributed by atoms with Crippen LogP contribution in [0.5, 0.6) is 5.75 Å². The first kappa shape index (κ1) is 21.3. The molecule has 1 aliphatic heterocycles. The molecule has 0 spiro atoms. The number of Topliss-reactive ketones (excluding diaryl/α,β-unsaturated/α-hetero) is 1. The summed E-state index contributed by atoms with van der Waals surface area (Å²) in [5, 5.41) is 11.2. The van der Waals surface area contributed by atoms with Gasteiger partial charge < -0.3 is 9.84 Å². The van der Waals surface area contributed by atoms with Gasteiger partial charge in [0.1, 0.15) is 11.5 Å². The van der Waals surface area contributed by atoms with Gasteiger partial charge in [0.05, 0.1) is 18.2 Å². The van der Waals surface area contributed by atoms with Gasteiger partial charge in [-0.25, -0.2) is 0 Å². The van der Waals surface area contributed by atoms with E-state index in [1.54, 1.807) is 48.8 Å². The number of nitrogens with zero attached hydrogens (tertiary/aromatic N) is 2. The second-order valence-electron chi connectivity index (χ2n) is 7.66. The molecule has 3 aromatic rings. The van der Waals surface area contributed by atoms with Gasteiger partial charge in [0.15, 0.2) is 0 Å². The van der Waals surface area contributed by atoms with Crippen LogP contribution in [0.4, 0.5) is 5.69 Å². The number of aryl methyl sites for hydroxylation is 2. The van der Waals surface area contributed by atoms with Gasteiger partial charge in [-0.1, -0.05) is 24.3 Å². The van der Waals surface area contributed by atoms with Crippen molar-refractivity contribution in [1.29, 1.82) is 0 Å². The number of ether oxygens (including phenoxy) is 1. The van der Waals surface area contributed by atoms with Crippen LogP contribution in [0.2, 0.25) is 0 Å². The molecule has 1 atom stereocenters. The number of ketones is 1. The summed E-state index contributed by atoms with van der Waals surface area (Å²) in [6, 6.07) is 15.3. The smallest absolute Gasteiger partial charge is 0.300 e. The summed E-state index contributed by atoms with van der Waals surface area (Å²) in [4.78, 5) is 32.0. The fourth-order valence-corrected chi connectivity index (χ4v) is 4.04. The second kappa shape index (κ2) is 8.67. The van der Waals surface area contributed by atoms with Crippen LogP contribution in [-0.4, -0.2) is 28.4 Å². The number of para-hydroxylation sites is 1. The molecule has 0 saturated carbocycles. The van der Waals surface area contributed by atoms with Crippen molar-refractivity contribution in [2.24, 2.45) is 0 Å². The maximum Gasteiger partial charge on any atom is 0.300 e. The average Bonchev–Trinajstić information content (AvgIpc) is 3.06. The number of anilines is 1. The molecule has 2 aromatic carbocycles. The van der Waals surface area contributed by atoms with E-state index in [2.05, 4.69) is 4.98 Å². The SMILES string of the molecule is CCOc1ccc(/C(O)=C2/C(=O)C(=O)N(c3ccccc3C)C2c2cccnc2)cc1C.